The quantitative estimate of drug-likeness (QED) is 0.788. The van der Waals surface area contributed by atoms with Crippen molar-refractivity contribution in [1.29, 1.82) is 0 Å². The van der Waals surface area contributed by atoms with E-state index in [4.69, 9.17) is 5.73 Å². The molecule has 1 aromatic carbocycles. The molecule has 0 saturated heterocycles. The van der Waals surface area contributed by atoms with Crippen LogP contribution in [-0.4, -0.2) is 6.54 Å². The van der Waals surface area contributed by atoms with Crippen LogP contribution in [0.1, 0.15) is 36.0 Å². The van der Waals surface area contributed by atoms with Crippen molar-refractivity contribution < 1.29 is 4.39 Å². The summed E-state index contributed by atoms with van der Waals surface area (Å²) < 4.78 is 13.6. The maximum Gasteiger partial charge on any atom is 0.127 e. The van der Waals surface area contributed by atoms with Gasteiger partial charge in [-0.25, -0.2) is 4.39 Å². The van der Waals surface area contributed by atoms with Gasteiger partial charge in [-0.3, -0.25) is 0 Å². The number of halogens is 1. The van der Waals surface area contributed by atoms with Crippen molar-refractivity contribution in [2.24, 2.45) is 5.73 Å². The minimum absolute atomic E-state index is 0.0940. The Kier molecular flexibility index (Phi) is 3.64. The average molecular weight is 195 g/mol. The predicted molar refractivity (Wildman–Crippen MR) is 58.0 cm³/mol. The van der Waals surface area contributed by atoms with E-state index in [9.17, 15) is 4.39 Å². The summed E-state index contributed by atoms with van der Waals surface area (Å²) in [4.78, 5) is 0. The fraction of sp³-hybridized carbons (Fsp3) is 0.500. The van der Waals surface area contributed by atoms with Crippen LogP contribution in [0.4, 0.5) is 4.39 Å². The molecule has 1 nitrogen and oxygen atoms in total. The van der Waals surface area contributed by atoms with Crippen molar-refractivity contribution >= 4 is 0 Å². The van der Waals surface area contributed by atoms with E-state index in [1.807, 2.05) is 26.8 Å². The van der Waals surface area contributed by atoms with E-state index >= 15 is 0 Å². The highest BCUT2D eigenvalue weighted by Crippen LogP contribution is 2.26. The fourth-order valence-corrected chi connectivity index (χ4v) is 1.95. The van der Waals surface area contributed by atoms with Gasteiger partial charge in [-0.05, 0) is 55.5 Å². The van der Waals surface area contributed by atoms with Crippen molar-refractivity contribution in [2.45, 2.75) is 33.1 Å². The molecule has 0 amide bonds. The first kappa shape index (κ1) is 11.2. The van der Waals surface area contributed by atoms with Crippen LogP contribution in [-0.2, 0) is 0 Å². The number of hydrogen-bond donors (Lipinski definition) is 1. The zero-order chi connectivity index (χ0) is 10.7. The highest BCUT2D eigenvalue weighted by Gasteiger charge is 2.13. The molecule has 0 aliphatic carbocycles. The van der Waals surface area contributed by atoms with E-state index in [2.05, 4.69) is 0 Å². The van der Waals surface area contributed by atoms with Gasteiger partial charge in [-0.2, -0.15) is 0 Å². The first-order chi connectivity index (χ1) is 6.56. The molecule has 1 atom stereocenters. The molecular weight excluding hydrogens is 177 g/mol. The Hall–Kier alpha value is -0.890. The summed E-state index contributed by atoms with van der Waals surface area (Å²) in [7, 11) is 0. The van der Waals surface area contributed by atoms with E-state index in [-0.39, 0.29) is 11.7 Å². The van der Waals surface area contributed by atoms with Gasteiger partial charge in [0, 0.05) is 0 Å². The summed E-state index contributed by atoms with van der Waals surface area (Å²) in [6.07, 6.45) is 0.834. The maximum atomic E-state index is 13.6. The van der Waals surface area contributed by atoms with Gasteiger partial charge in [0.15, 0.2) is 0 Å². The molecule has 0 aliphatic heterocycles. The van der Waals surface area contributed by atoms with Crippen LogP contribution in [0, 0.1) is 19.7 Å². The summed E-state index contributed by atoms with van der Waals surface area (Å²) in [5.74, 6) is 0.115. The van der Waals surface area contributed by atoms with E-state index < -0.39 is 0 Å². The number of rotatable bonds is 3. The van der Waals surface area contributed by atoms with E-state index in [1.165, 1.54) is 0 Å². The third-order valence-electron chi connectivity index (χ3n) is 2.57. The molecule has 78 valence electrons. The van der Waals surface area contributed by atoms with Crippen molar-refractivity contribution in [3.05, 3.63) is 34.6 Å². The molecule has 0 aliphatic rings. The van der Waals surface area contributed by atoms with E-state index in [1.54, 1.807) is 6.07 Å². The molecular formula is C12H18FN. The van der Waals surface area contributed by atoms with E-state index in [0.29, 0.717) is 6.54 Å². The van der Waals surface area contributed by atoms with Gasteiger partial charge >= 0.3 is 0 Å². The first-order valence-electron chi connectivity index (χ1n) is 5.03. The molecule has 1 unspecified atom stereocenters. The SMILES string of the molecule is Cc1cc(C)c(C(C)CCN)c(F)c1. The van der Waals surface area contributed by atoms with Crippen LogP contribution in [0.15, 0.2) is 12.1 Å². The lowest BCUT2D eigenvalue weighted by molar-refractivity contribution is 0.573. The minimum atomic E-state index is -0.0940. The van der Waals surface area contributed by atoms with Gasteiger partial charge in [0.1, 0.15) is 5.82 Å². The molecule has 0 bridgehead atoms. The van der Waals surface area contributed by atoms with Gasteiger partial charge in [0.05, 0.1) is 0 Å². The van der Waals surface area contributed by atoms with Crippen LogP contribution >= 0.6 is 0 Å². The normalized spacial score (nSPS) is 12.9. The summed E-state index contributed by atoms with van der Waals surface area (Å²) in [6, 6.07) is 3.61. The molecule has 14 heavy (non-hydrogen) atoms. The predicted octanol–water partition coefficient (Wildman–Crippen LogP) is 2.89. The lowest BCUT2D eigenvalue weighted by Crippen LogP contribution is -2.07. The van der Waals surface area contributed by atoms with E-state index in [0.717, 1.165) is 23.1 Å². The third kappa shape index (κ3) is 2.32. The van der Waals surface area contributed by atoms with Crippen molar-refractivity contribution in [1.82, 2.24) is 0 Å². The molecule has 0 heterocycles. The Morgan fingerprint density at radius 3 is 2.50 bits per heavy atom. The highest BCUT2D eigenvalue weighted by atomic mass is 19.1. The van der Waals surface area contributed by atoms with Gasteiger partial charge in [0.25, 0.3) is 0 Å². The zero-order valence-electron chi connectivity index (χ0n) is 9.10. The third-order valence-corrected chi connectivity index (χ3v) is 2.57. The molecule has 0 radical (unpaired) electrons. The van der Waals surface area contributed by atoms with Gasteiger partial charge < -0.3 is 5.73 Å². The minimum Gasteiger partial charge on any atom is -0.330 e. The number of nitrogens with two attached hydrogens (primary N) is 1. The van der Waals surface area contributed by atoms with Crippen LogP contribution in [0.3, 0.4) is 0 Å². The Bertz CT molecular complexity index is 297. The Morgan fingerprint density at radius 2 is 2.00 bits per heavy atom. The molecule has 2 N–H and O–H groups in total. The molecule has 0 fully saturated rings. The summed E-state index contributed by atoms with van der Waals surface area (Å²) in [5, 5.41) is 0. The number of aryl methyl sites for hydroxylation is 2. The second-order valence-corrected chi connectivity index (χ2v) is 3.96. The Labute approximate surface area is 85.1 Å². The monoisotopic (exact) mass is 195 g/mol. The van der Waals surface area contributed by atoms with Gasteiger partial charge in [-0.1, -0.05) is 13.0 Å². The topological polar surface area (TPSA) is 26.0 Å². The van der Waals surface area contributed by atoms with Crippen LogP contribution in [0.2, 0.25) is 0 Å². The Morgan fingerprint density at radius 1 is 1.36 bits per heavy atom. The van der Waals surface area contributed by atoms with Gasteiger partial charge in [-0.15, -0.1) is 0 Å². The largest absolute Gasteiger partial charge is 0.330 e. The van der Waals surface area contributed by atoms with Crippen LogP contribution in [0.25, 0.3) is 0 Å². The highest BCUT2D eigenvalue weighted by molar-refractivity contribution is 5.34. The van der Waals surface area contributed by atoms with Gasteiger partial charge in [0.2, 0.25) is 0 Å². The second-order valence-electron chi connectivity index (χ2n) is 3.96. The molecule has 1 rings (SSSR count). The number of benzene rings is 1. The standard InChI is InChI=1S/C12H18FN/c1-8-6-10(3)12(11(13)7-8)9(2)4-5-14/h6-7,9H,4-5,14H2,1-3H3. The fourth-order valence-electron chi connectivity index (χ4n) is 1.95. The van der Waals surface area contributed by atoms with Crippen molar-refractivity contribution in [2.75, 3.05) is 6.54 Å². The number of hydrogen-bond acceptors (Lipinski definition) is 1. The molecule has 1 aromatic rings. The molecule has 0 aromatic heterocycles. The average Bonchev–Trinajstić information content (AvgIpc) is 2.01. The smallest absolute Gasteiger partial charge is 0.127 e. The maximum absolute atomic E-state index is 13.6. The molecule has 0 saturated carbocycles. The summed E-state index contributed by atoms with van der Waals surface area (Å²) >= 11 is 0. The van der Waals surface area contributed by atoms with Crippen molar-refractivity contribution in [3.8, 4) is 0 Å². The molecule has 0 spiro atoms. The molecule has 2 heteroatoms. The second kappa shape index (κ2) is 4.56. The zero-order valence-corrected chi connectivity index (χ0v) is 9.10. The summed E-state index contributed by atoms with van der Waals surface area (Å²) in [5.41, 5.74) is 8.30. The van der Waals surface area contributed by atoms with Crippen molar-refractivity contribution in [3.63, 3.8) is 0 Å². The Balaban J connectivity index is 3.07. The van der Waals surface area contributed by atoms with Crippen LogP contribution in [0.5, 0.6) is 0 Å². The lowest BCUT2D eigenvalue weighted by atomic mass is 9.92. The van der Waals surface area contributed by atoms with Crippen LogP contribution < -0.4 is 5.73 Å². The summed E-state index contributed by atoms with van der Waals surface area (Å²) in [6.45, 7) is 6.49. The first-order valence-corrected chi connectivity index (χ1v) is 5.03. The lowest BCUT2D eigenvalue weighted by Gasteiger charge is -2.15.